The lowest BCUT2D eigenvalue weighted by atomic mass is 10.2. The Labute approximate surface area is 135 Å². The molecule has 23 heavy (non-hydrogen) atoms. The van der Waals surface area contributed by atoms with Gasteiger partial charge in [-0.25, -0.2) is 4.98 Å². The van der Waals surface area contributed by atoms with Crippen LogP contribution in [0.15, 0.2) is 41.0 Å². The van der Waals surface area contributed by atoms with Crippen molar-refractivity contribution in [3.63, 3.8) is 0 Å². The maximum absolute atomic E-state index is 11.8. The van der Waals surface area contributed by atoms with Crippen molar-refractivity contribution in [3.8, 4) is 11.5 Å². The summed E-state index contributed by atoms with van der Waals surface area (Å²) in [5, 5.41) is 2.84. The quantitative estimate of drug-likeness (QED) is 0.679. The largest absolute Gasteiger partial charge is 0.444 e. The maximum atomic E-state index is 11.8. The van der Waals surface area contributed by atoms with Gasteiger partial charge in [0, 0.05) is 25.8 Å². The van der Waals surface area contributed by atoms with E-state index in [1.54, 1.807) is 7.11 Å². The van der Waals surface area contributed by atoms with Crippen LogP contribution < -0.4 is 5.32 Å². The van der Waals surface area contributed by atoms with Crippen LogP contribution in [0.5, 0.6) is 0 Å². The van der Waals surface area contributed by atoms with Gasteiger partial charge in [0.25, 0.3) is 0 Å². The second-order valence-electron chi connectivity index (χ2n) is 5.00. The van der Waals surface area contributed by atoms with Crippen molar-refractivity contribution in [1.82, 2.24) is 10.3 Å². The van der Waals surface area contributed by atoms with E-state index in [-0.39, 0.29) is 12.3 Å². The molecule has 2 rings (SSSR count). The molecule has 0 atom stereocenters. The minimum absolute atomic E-state index is 0.0743. The third-order valence-corrected chi connectivity index (χ3v) is 3.13. The minimum atomic E-state index is -0.0743. The summed E-state index contributed by atoms with van der Waals surface area (Å²) in [6.07, 6.45) is 2.50. The standard InChI is InChI=1S/C17H22N2O4/c1-21-10-11-22-9-5-8-18-16(20)12-15-13-23-17(19-15)14-6-3-2-4-7-14/h2-4,6-7,13H,5,8-12H2,1H3,(H,18,20). The van der Waals surface area contributed by atoms with Crippen molar-refractivity contribution < 1.29 is 18.7 Å². The summed E-state index contributed by atoms with van der Waals surface area (Å²) in [6, 6.07) is 9.60. The van der Waals surface area contributed by atoms with Gasteiger partial charge in [0.1, 0.15) is 6.26 Å². The molecule has 0 fully saturated rings. The Kier molecular flexibility index (Phi) is 7.29. The fourth-order valence-corrected chi connectivity index (χ4v) is 1.97. The first-order chi connectivity index (χ1) is 11.3. The number of hydrogen-bond donors (Lipinski definition) is 1. The summed E-state index contributed by atoms with van der Waals surface area (Å²) in [4.78, 5) is 16.2. The third-order valence-electron chi connectivity index (χ3n) is 3.13. The van der Waals surface area contributed by atoms with Gasteiger partial charge in [0.15, 0.2) is 0 Å². The van der Waals surface area contributed by atoms with Gasteiger partial charge in [0.2, 0.25) is 11.8 Å². The maximum Gasteiger partial charge on any atom is 0.226 e. The van der Waals surface area contributed by atoms with Gasteiger partial charge in [-0.2, -0.15) is 0 Å². The summed E-state index contributed by atoms with van der Waals surface area (Å²) < 4.78 is 15.6. The number of aromatic nitrogens is 1. The minimum Gasteiger partial charge on any atom is -0.444 e. The van der Waals surface area contributed by atoms with Crippen LogP contribution in [0.3, 0.4) is 0 Å². The molecule has 0 aliphatic carbocycles. The number of nitrogens with zero attached hydrogens (tertiary/aromatic N) is 1. The second kappa shape index (κ2) is 9.76. The SMILES string of the molecule is COCCOCCCNC(=O)Cc1coc(-c2ccccc2)n1. The number of methoxy groups -OCH3 is 1. The number of oxazole rings is 1. The molecule has 0 unspecified atom stereocenters. The molecule has 1 aromatic carbocycles. The number of hydrogen-bond acceptors (Lipinski definition) is 5. The molecule has 1 aromatic heterocycles. The Morgan fingerprint density at radius 3 is 2.83 bits per heavy atom. The predicted octanol–water partition coefficient (Wildman–Crippen LogP) is 2.05. The van der Waals surface area contributed by atoms with Gasteiger partial charge in [-0.15, -0.1) is 0 Å². The number of benzene rings is 1. The number of rotatable bonds is 10. The highest BCUT2D eigenvalue weighted by Gasteiger charge is 2.09. The normalized spacial score (nSPS) is 10.7. The summed E-state index contributed by atoms with van der Waals surface area (Å²) in [5.41, 5.74) is 1.52. The highest BCUT2D eigenvalue weighted by molar-refractivity contribution is 5.78. The molecule has 0 aliphatic rings. The monoisotopic (exact) mass is 318 g/mol. The first-order valence-electron chi connectivity index (χ1n) is 7.63. The molecular formula is C17H22N2O4. The van der Waals surface area contributed by atoms with Gasteiger partial charge in [0.05, 0.1) is 25.3 Å². The second-order valence-corrected chi connectivity index (χ2v) is 5.00. The van der Waals surface area contributed by atoms with Crippen molar-refractivity contribution in [3.05, 3.63) is 42.3 Å². The lowest BCUT2D eigenvalue weighted by Gasteiger charge is -2.05. The zero-order valence-corrected chi connectivity index (χ0v) is 13.3. The highest BCUT2D eigenvalue weighted by Crippen LogP contribution is 2.17. The van der Waals surface area contributed by atoms with E-state index in [0.717, 1.165) is 12.0 Å². The van der Waals surface area contributed by atoms with Crippen molar-refractivity contribution in [2.45, 2.75) is 12.8 Å². The Morgan fingerprint density at radius 1 is 1.22 bits per heavy atom. The first-order valence-corrected chi connectivity index (χ1v) is 7.63. The van der Waals surface area contributed by atoms with Crippen LogP contribution in [-0.4, -0.2) is 44.4 Å². The van der Waals surface area contributed by atoms with E-state index in [1.165, 1.54) is 6.26 Å². The van der Waals surface area contributed by atoms with E-state index in [2.05, 4.69) is 10.3 Å². The van der Waals surface area contributed by atoms with Gasteiger partial charge in [-0.1, -0.05) is 18.2 Å². The summed E-state index contributed by atoms with van der Waals surface area (Å²) in [6.45, 7) is 2.34. The van der Waals surface area contributed by atoms with Crippen LogP contribution in [0, 0.1) is 0 Å². The molecule has 2 aromatic rings. The fourth-order valence-electron chi connectivity index (χ4n) is 1.97. The molecule has 124 valence electrons. The number of carbonyl (C=O) groups excluding carboxylic acids is 1. The van der Waals surface area contributed by atoms with Crippen molar-refractivity contribution in [2.75, 3.05) is 33.5 Å². The van der Waals surface area contributed by atoms with Crippen LogP contribution in [0.1, 0.15) is 12.1 Å². The zero-order valence-electron chi connectivity index (χ0n) is 13.3. The lowest BCUT2D eigenvalue weighted by molar-refractivity contribution is -0.120. The average Bonchev–Trinajstić information content (AvgIpc) is 3.03. The van der Waals surface area contributed by atoms with Gasteiger partial charge in [-0.3, -0.25) is 4.79 Å². The molecule has 1 amide bonds. The molecular weight excluding hydrogens is 296 g/mol. The molecule has 1 heterocycles. The zero-order chi connectivity index (χ0) is 16.3. The molecule has 0 saturated heterocycles. The molecule has 0 spiro atoms. The molecule has 0 saturated carbocycles. The molecule has 0 aliphatic heterocycles. The topological polar surface area (TPSA) is 73.6 Å². The van der Waals surface area contributed by atoms with Crippen LogP contribution in [0.4, 0.5) is 0 Å². The van der Waals surface area contributed by atoms with Crippen LogP contribution in [0.2, 0.25) is 0 Å². The van der Waals surface area contributed by atoms with Crippen LogP contribution in [0.25, 0.3) is 11.5 Å². The molecule has 0 bridgehead atoms. The van der Waals surface area contributed by atoms with E-state index in [9.17, 15) is 4.79 Å². The Balaban J connectivity index is 1.67. The van der Waals surface area contributed by atoms with E-state index >= 15 is 0 Å². The van der Waals surface area contributed by atoms with E-state index in [1.807, 2.05) is 30.3 Å². The van der Waals surface area contributed by atoms with Gasteiger partial charge in [-0.05, 0) is 18.6 Å². The first kappa shape index (κ1) is 17.2. The number of carbonyl (C=O) groups is 1. The Morgan fingerprint density at radius 2 is 2.04 bits per heavy atom. The number of ether oxygens (including phenoxy) is 2. The number of nitrogens with one attached hydrogen (secondary N) is 1. The Hall–Kier alpha value is -2.18. The van der Waals surface area contributed by atoms with Crippen molar-refractivity contribution in [1.29, 1.82) is 0 Å². The summed E-state index contributed by atoms with van der Waals surface area (Å²) >= 11 is 0. The average molecular weight is 318 g/mol. The molecule has 6 heteroatoms. The Bertz CT molecular complexity index is 583. The van der Waals surface area contributed by atoms with Gasteiger partial charge >= 0.3 is 0 Å². The van der Waals surface area contributed by atoms with Crippen molar-refractivity contribution in [2.24, 2.45) is 0 Å². The summed E-state index contributed by atoms with van der Waals surface area (Å²) in [7, 11) is 1.64. The number of amides is 1. The van der Waals surface area contributed by atoms with E-state index in [4.69, 9.17) is 13.9 Å². The lowest BCUT2D eigenvalue weighted by Crippen LogP contribution is -2.27. The fraction of sp³-hybridized carbons (Fsp3) is 0.412. The van der Waals surface area contributed by atoms with E-state index in [0.29, 0.717) is 38.0 Å². The third kappa shape index (κ3) is 6.22. The summed E-state index contributed by atoms with van der Waals surface area (Å²) in [5.74, 6) is 0.453. The molecule has 1 N–H and O–H groups in total. The van der Waals surface area contributed by atoms with Gasteiger partial charge < -0.3 is 19.2 Å². The predicted molar refractivity (Wildman–Crippen MR) is 86.0 cm³/mol. The van der Waals surface area contributed by atoms with E-state index < -0.39 is 0 Å². The van der Waals surface area contributed by atoms with Crippen LogP contribution >= 0.6 is 0 Å². The molecule has 0 radical (unpaired) electrons. The van der Waals surface area contributed by atoms with Crippen LogP contribution in [-0.2, 0) is 20.7 Å². The smallest absolute Gasteiger partial charge is 0.226 e. The van der Waals surface area contributed by atoms with Crippen molar-refractivity contribution >= 4 is 5.91 Å². The highest BCUT2D eigenvalue weighted by atomic mass is 16.5. The molecule has 6 nitrogen and oxygen atoms in total.